The molecule has 0 unspecified atom stereocenters. The molecule has 0 bridgehead atoms. The van der Waals surface area contributed by atoms with E-state index < -0.39 is 11.6 Å². The van der Waals surface area contributed by atoms with Crippen molar-refractivity contribution in [3.63, 3.8) is 0 Å². The fraction of sp³-hybridized carbons (Fsp3) is 0.611. The second-order valence-corrected chi connectivity index (χ2v) is 6.84. The zero-order chi connectivity index (χ0) is 17.1. The van der Waals surface area contributed by atoms with E-state index in [-0.39, 0.29) is 23.9 Å². The minimum Gasteiger partial charge on any atom is -0.383 e. The minimum absolute atomic E-state index is 0.0575. The fourth-order valence-electron chi connectivity index (χ4n) is 3.57. The average Bonchev–Trinajstić information content (AvgIpc) is 3.30. The van der Waals surface area contributed by atoms with Crippen molar-refractivity contribution in [2.75, 3.05) is 33.4 Å². The molecule has 2 aliphatic rings. The van der Waals surface area contributed by atoms with Crippen LogP contribution in [0.25, 0.3) is 0 Å². The van der Waals surface area contributed by atoms with Crippen molar-refractivity contribution in [2.45, 2.75) is 25.3 Å². The lowest BCUT2D eigenvalue weighted by molar-refractivity contribution is -0.121. The molecule has 1 aliphatic heterocycles. The van der Waals surface area contributed by atoms with Crippen molar-refractivity contribution in [3.05, 3.63) is 35.4 Å². The van der Waals surface area contributed by atoms with Crippen LogP contribution in [-0.4, -0.2) is 50.2 Å². The van der Waals surface area contributed by atoms with Crippen molar-refractivity contribution in [3.8, 4) is 0 Å². The maximum atomic E-state index is 13.7. The van der Waals surface area contributed by atoms with Gasteiger partial charge < -0.3 is 10.1 Å². The van der Waals surface area contributed by atoms with E-state index in [1.165, 1.54) is 25.0 Å². The Morgan fingerprint density at radius 2 is 2.12 bits per heavy atom. The van der Waals surface area contributed by atoms with Crippen LogP contribution in [0.1, 0.15) is 18.4 Å². The van der Waals surface area contributed by atoms with E-state index in [1.807, 2.05) is 0 Å². The van der Waals surface area contributed by atoms with Crippen LogP contribution in [-0.2, 0) is 16.0 Å². The molecule has 1 aliphatic carbocycles. The third kappa shape index (κ3) is 4.30. The Balaban J connectivity index is 1.57. The lowest BCUT2D eigenvalue weighted by atomic mass is 9.98. The Hall–Kier alpha value is -1.53. The summed E-state index contributed by atoms with van der Waals surface area (Å²) < 4.78 is 31.8. The van der Waals surface area contributed by atoms with Crippen LogP contribution in [0.3, 0.4) is 0 Å². The highest BCUT2D eigenvalue weighted by Gasteiger charge is 2.42. The quantitative estimate of drug-likeness (QED) is 0.827. The summed E-state index contributed by atoms with van der Waals surface area (Å²) in [7, 11) is 1.69. The van der Waals surface area contributed by atoms with Gasteiger partial charge in [0.05, 0.1) is 13.0 Å². The molecule has 1 heterocycles. The third-order valence-corrected chi connectivity index (χ3v) is 4.99. The molecule has 2 fully saturated rings. The summed E-state index contributed by atoms with van der Waals surface area (Å²) in [5.41, 5.74) is 0.228. The first-order valence-corrected chi connectivity index (χ1v) is 8.51. The molecule has 24 heavy (non-hydrogen) atoms. The zero-order valence-corrected chi connectivity index (χ0v) is 13.9. The van der Waals surface area contributed by atoms with E-state index in [0.717, 1.165) is 25.7 Å². The summed E-state index contributed by atoms with van der Waals surface area (Å²) >= 11 is 0. The van der Waals surface area contributed by atoms with Crippen LogP contribution in [0, 0.1) is 23.5 Å². The van der Waals surface area contributed by atoms with Gasteiger partial charge in [0, 0.05) is 38.9 Å². The number of carbonyl (C=O) groups is 1. The van der Waals surface area contributed by atoms with E-state index in [4.69, 9.17) is 4.74 Å². The monoisotopic (exact) mass is 338 g/mol. The molecule has 1 aromatic carbocycles. The SMILES string of the molecule is COCCN1C[C@@H](NC(=O)Cc2ccc(F)cc2F)[C@H](C2CC2)C1. The van der Waals surface area contributed by atoms with Gasteiger partial charge in [0.15, 0.2) is 0 Å². The molecule has 0 spiro atoms. The number of rotatable bonds is 7. The van der Waals surface area contributed by atoms with Gasteiger partial charge in [-0.15, -0.1) is 0 Å². The van der Waals surface area contributed by atoms with Gasteiger partial charge in [0.1, 0.15) is 11.6 Å². The molecule has 1 aromatic rings. The first kappa shape index (κ1) is 17.3. The van der Waals surface area contributed by atoms with E-state index >= 15 is 0 Å². The van der Waals surface area contributed by atoms with Gasteiger partial charge in [0.2, 0.25) is 5.91 Å². The Bertz CT molecular complexity index is 592. The van der Waals surface area contributed by atoms with E-state index in [0.29, 0.717) is 18.4 Å². The van der Waals surface area contributed by atoms with Crippen molar-refractivity contribution >= 4 is 5.91 Å². The third-order valence-electron chi connectivity index (χ3n) is 4.99. The van der Waals surface area contributed by atoms with Crippen LogP contribution < -0.4 is 5.32 Å². The number of hydrogen-bond acceptors (Lipinski definition) is 3. The number of nitrogens with zero attached hydrogens (tertiary/aromatic N) is 1. The zero-order valence-electron chi connectivity index (χ0n) is 13.9. The van der Waals surface area contributed by atoms with E-state index in [9.17, 15) is 13.6 Å². The Morgan fingerprint density at radius 3 is 2.79 bits per heavy atom. The van der Waals surface area contributed by atoms with E-state index in [1.54, 1.807) is 7.11 Å². The predicted octanol–water partition coefficient (Wildman–Crippen LogP) is 1.98. The molecule has 1 N–H and O–H groups in total. The summed E-state index contributed by atoms with van der Waals surface area (Å²) in [5.74, 6) is -0.355. The number of nitrogens with one attached hydrogen (secondary N) is 1. The molecule has 132 valence electrons. The second kappa shape index (κ2) is 7.57. The number of amides is 1. The van der Waals surface area contributed by atoms with Gasteiger partial charge >= 0.3 is 0 Å². The first-order valence-electron chi connectivity index (χ1n) is 8.51. The smallest absolute Gasteiger partial charge is 0.224 e. The number of carbonyl (C=O) groups excluding carboxylic acids is 1. The van der Waals surface area contributed by atoms with Gasteiger partial charge in [-0.2, -0.15) is 0 Å². The number of benzene rings is 1. The topological polar surface area (TPSA) is 41.6 Å². The largest absolute Gasteiger partial charge is 0.383 e. The molecule has 1 saturated carbocycles. The lowest BCUT2D eigenvalue weighted by Crippen LogP contribution is -2.42. The second-order valence-electron chi connectivity index (χ2n) is 6.84. The van der Waals surface area contributed by atoms with Crippen LogP contribution in [0.5, 0.6) is 0 Å². The Kier molecular flexibility index (Phi) is 5.46. The van der Waals surface area contributed by atoms with Crippen molar-refractivity contribution in [1.82, 2.24) is 10.2 Å². The Labute approximate surface area is 141 Å². The minimum atomic E-state index is -0.669. The first-order chi connectivity index (χ1) is 11.6. The standard InChI is InChI=1S/C18H24F2N2O2/c1-24-7-6-22-10-15(12-2-3-12)17(11-22)21-18(23)8-13-4-5-14(19)9-16(13)20/h4-5,9,12,15,17H,2-3,6-8,10-11H2,1H3,(H,21,23)/t15-,17+/m0/s1. The summed E-state index contributed by atoms with van der Waals surface area (Å²) in [6.45, 7) is 3.32. The molecule has 2 atom stereocenters. The normalized spacial score (nSPS) is 24.3. The van der Waals surface area contributed by atoms with Crippen LogP contribution >= 0.6 is 0 Å². The van der Waals surface area contributed by atoms with Gasteiger partial charge in [-0.1, -0.05) is 6.07 Å². The summed E-state index contributed by atoms with van der Waals surface area (Å²) in [6.07, 6.45) is 2.39. The maximum absolute atomic E-state index is 13.7. The van der Waals surface area contributed by atoms with Crippen molar-refractivity contribution in [2.24, 2.45) is 11.8 Å². The maximum Gasteiger partial charge on any atom is 0.224 e. The lowest BCUT2D eigenvalue weighted by Gasteiger charge is -2.19. The molecule has 0 radical (unpaired) electrons. The Morgan fingerprint density at radius 1 is 1.33 bits per heavy atom. The number of halogens is 2. The number of ether oxygens (including phenoxy) is 1. The molecule has 6 heteroatoms. The highest BCUT2D eigenvalue weighted by atomic mass is 19.1. The highest BCUT2D eigenvalue weighted by molar-refractivity contribution is 5.79. The van der Waals surface area contributed by atoms with Gasteiger partial charge in [-0.05, 0) is 36.3 Å². The molecule has 1 saturated heterocycles. The molecule has 1 amide bonds. The van der Waals surface area contributed by atoms with Crippen LogP contribution in [0.15, 0.2) is 18.2 Å². The van der Waals surface area contributed by atoms with Crippen molar-refractivity contribution in [1.29, 1.82) is 0 Å². The molecule has 0 aromatic heterocycles. The predicted molar refractivity (Wildman–Crippen MR) is 86.5 cm³/mol. The number of likely N-dealkylation sites (tertiary alicyclic amines) is 1. The summed E-state index contributed by atoms with van der Waals surface area (Å²) in [6, 6.07) is 3.44. The van der Waals surface area contributed by atoms with Crippen LogP contribution in [0.2, 0.25) is 0 Å². The van der Waals surface area contributed by atoms with Gasteiger partial charge in [-0.3, -0.25) is 9.69 Å². The van der Waals surface area contributed by atoms with Gasteiger partial charge in [-0.25, -0.2) is 8.78 Å². The molecule has 4 nitrogen and oxygen atoms in total. The van der Waals surface area contributed by atoms with E-state index in [2.05, 4.69) is 10.2 Å². The molecular formula is C18H24F2N2O2. The average molecular weight is 338 g/mol. The molecular weight excluding hydrogens is 314 g/mol. The van der Waals surface area contributed by atoms with Crippen LogP contribution in [0.4, 0.5) is 8.78 Å². The highest BCUT2D eigenvalue weighted by Crippen LogP contribution is 2.41. The number of methoxy groups -OCH3 is 1. The summed E-state index contributed by atoms with van der Waals surface area (Å²) in [4.78, 5) is 14.6. The summed E-state index contributed by atoms with van der Waals surface area (Å²) in [5, 5.41) is 3.07. The number of hydrogen-bond donors (Lipinski definition) is 1. The van der Waals surface area contributed by atoms with Gasteiger partial charge in [0.25, 0.3) is 0 Å². The van der Waals surface area contributed by atoms with Crippen molar-refractivity contribution < 1.29 is 18.3 Å². The molecule has 3 rings (SSSR count). The fourth-order valence-corrected chi connectivity index (χ4v) is 3.57.